The van der Waals surface area contributed by atoms with E-state index in [2.05, 4.69) is 56.8 Å². The van der Waals surface area contributed by atoms with Gasteiger partial charge in [0.2, 0.25) is 0 Å². The Morgan fingerprint density at radius 2 is 1.42 bits per heavy atom. The van der Waals surface area contributed by atoms with Gasteiger partial charge in [-0.05, 0) is 31.9 Å². The van der Waals surface area contributed by atoms with Gasteiger partial charge in [-0.1, -0.05) is 87.9 Å². The first-order valence-corrected chi connectivity index (χ1v) is 7.20. The van der Waals surface area contributed by atoms with E-state index in [0.29, 0.717) is 0 Å². The fourth-order valence-corrected chi connectivity index (χ4v) is 1.34. The van der Waals surface area contributed by atoms with Gasteiger partial charge in [0, 0.05) is 0 Å². The third kappa shape index (κ3) is 9.07. The molecular weight excluding hydrogens is 228 g/mol. The van der Waals surface area contributed by atoms with E-state index in [1.807, 2.05) is 40.7 Å². The van der Waals surface area contributed by atoms with Crippen LogP contribution in [-0.2, 0) is 0 Å². The topological polar surface area (TPSA) is 0 Å². The normalized spacial score (nSPS) is 10.2. The molecule has 0 N–H and O–H groups in total. The quantitative estimate of drug-likeness (QED) is 0.537. The zero-order chi connectivity index (χ0) is 15.3. The summed E-state index contributed by atoms with van der Waals surface area (Å²) in [5.41, 5.74) is 4.85. The van der Waals surface area contributed by atoms with Crippen LogP contribution in [0.15, 0.2) is 54.6 Å². The van der Waals surface area contributed by atoms with Crippen LogP contribution < -0.4 is 0 Å². The minimum atomic E-state index is 1.07. The van der Waals surface area contributed by atoms with Crippen molar-refractivity contribution >= 4 is 5.57 Å². The second-order valence-corrected chi connectivity index (χ2v) is 3.79. The highest BCUT2D eigenvalue weighted by Crippen LogP contribution is 2.16. The van der Waals surface area contributed by atoms with Gasteiger partial charge < -0.3 is 0 Å². The van der Waals surface area contributed by atoms with E-state index in [9.17, 15) is 0 Å². The zero-order valence-corrected chi connectivity index (χ0v) is 13.7. The standard InChI is InChI=1S/C15H18.2C2H6/c1-5-14(9-6-12(2)3)15-10-7-13(4)8-11-15;2*1-2/h5-11H,2H2,1,3-4H3;2*1-2H3/b9-6-,14-5+;;. The Hall–Kier alpha value is -1.56. The van der Waals surface area contributed by atoms with Crippen LogP contribution in [-0.4, -0.2) is 0 Å². The molecule has 0 aliphatic rings. The zero-order valence-electron chi connectivity index (χ0n) is 13.7. The van der Waals surface area contributed by atoms with Crippen LogP contribution in [0.25, 0.3) is 5.57 Å². The summed E-state index contributed by atoms with van der Waals surface area (Å²) in [6, 6.07) is 8.56. The Morgan fingerprint density at radius 3 is 1.79 bits per heavy atom. The van der Waals surface area contributed by atoms with Gasteiger partial charge in [-0.25, -0.2) is 0 Å². The van der Waals surface area contributed by atoms with Crippen LogP contribution in [0.1, 0.15) is 52.7 Å². The number of hydrogen-bond acceptors (Lipinski definition) is 0. The van der Waals surface area contributed by atoms with Crippen molar-refractivity contribution in [2.24, 2.45) is 0 Å². The van der Waals surface area contributed by atoms with Gasteiger partial charge in [0.1, 0.15) is 0 Å². The summed E-state index contributed by atoms with van der Waals surface area (Å²) < 4.78 is 0. The predicted molar refractivity (Wildman–Crippen MR) is 91.5 cm³/mol. The summed E-state index contributed by atoms with van der Waals surface area (Å²) in [5.74, 6) is 0. The van der Waals surface area contributed by atoms with Gasteiger partial charge in [-0.15, -0.1) is 0 Å². The van der Waals surface area contributed by atoms with E-state index in [1.165, 1.54) is 16.7 Å². The molecule has 0 fully saturated rings. The summed E-state index contributed by atoms with van der Waals surface area (Å²) in [6.07, 6.45) is 6.26. The Kier molecular flexibility index (Phi) is 13.4. The molecule has 0 saturated heterocycles. The van der Waals surface area contributed by atoms with E-state index in [-0.39, 0.29) is 0 Å². The molecule has 0 nitrogen and oxygen atoms in total. The molecule has 0 radical (unpaired) electrons. The lowest BCUT2D eigenvalue weighted by atomic mass is 10.0. The second kappa shape index (κ2) is 12.9. The van der Waals surface area contributed by atoms with Crippen LogP contribution in [0.3, 0.4) is 0 Å². The summed E-state index contributed by atoms with van der Waals surface area (Å²) in [6.45, 7) is 18.0. The van der Waals surface area contributed by atoms with Crippen molar-refractivity contribution in [3.05, 3.63) is 65.8 Å². The molecule has 0 unspecified atom stereocenters. The van der Waals surface area contributed by atoms with Crippen molar-refractivity contribution in [3.8, 4) is 0 Å². The first kappa shape index (κ1) is 19.8. The number of allylic oxidation sites excluding steroid dienone is 5. The van der Waals surface area contributed by atoms with Crippen LogP contribution in [0.5, 0.6) is 0 Å². The third-order valence-corrected chi connectivity index (χ3v) is 2.24. The number of rotatable bonds is 3. The fourth-order valence-electron chi connectivity index (χ4n) is 1.34. The maximum absolute atomic E-state index is 3.86. The second-order valence-electron chi connectivity index (χ2n) is 3.79. The molecule has 1 aromatic rings. The van der Waals surface area contributed by atoms with Crippen LogP contribution in [0.2, 0.25) is 0 Å². The Bertz CT molecular complexity index is 389. The molecule has 0 bridgehead atoms. The molecule has 0 saturated carbocycles. The highest BCUT2D eigenvalue weighted by atomic mass is 14.0. The van der Waals surface area contributed by atoms with E-state index < -0.39 is 0 Å². The molecule has 0 amide bonds. The minimum absolute atomic E-state index is 1.07. The summed E-state index contributed by atoms with van der Waals surface area (Å²) >= 11 is 0. The van der Waals surface area contributed by atoms with E-state index >= 15 is 0 Å². The van der Waals surface area contributed by atoms with Gasteiger partial charge >= 0.3 is 0 Å². The number of aryl methyl sites for hydroxylation is 1. The summed E-state index contributed by atoms with van der Waals surface area (Å²) in [5, 5.41) is 0. The van der Waals surface area contributed by atoms with E-state index in [1.54, 1.807) is 0 Å². The summed E-state index contributed by atoms with van der Waals surface area (Å²) in [4.78, 5) is 0. The van der Waals surface area contributed by atoms with E-state index in [0.717, 1.165) is 5.57 Å². The Balaban J connectivity index is 0. The average molecular weight is 258 g/mol. The van der Waals surface area contributed by atoms with Gasteiger partial charge in [0.15, 0.2) is 0 Å². The molecule has 106 valence electrons. The lowest BCUT2D eigenvalue weighted by molar-refractivity contribution is 1.45. The van der Waals surface area contributed by atoms with E-state index in [4.69, 9.17) is 0 Å². The predicted octanol–water partition coefficient (Wildman–Crippen LogP) is 6.58. The summed E-state index contributed by atoms with van der Waals surface area (Å²) in [7, 11) is 0. The molecule has 0 atom stereocenters. The van der Waals surface area contributed by atoms with Crippen LogP contribution in [0, 0.1) is 6.92 Å². The van der Waals surface area contributed by atoms with Crippen molar-refractivity contribution in [1.82, 2.24) is 0 Å². The van der Waals surface area contributed by atoms with Crippen LogP contribution in [0.4, 0.5) is 0 Å². The van der Waals surface area contributed by atoms with Gasteiger partial charge in [-0.3, -0.25) is 0 Å². The monoisotopic (exact) mass is 258 g/mol. The Labute approximate surface area is 120 Å². The molecule has 0 aliphatic heterocycles. The largest absolute Gasteiger partial charge is 0.0961 e. The molecule has 0 spiro atoms. The molecule has 19 heavy (non-hydrogen) atoms. The fraction of sp³-hybridized carbons (Fsp3) is 0.368. The highest BCUT2D eigenvalue weighted by molar-refractivity contribution is 5.74. The molecule has 0 heteroatoms. The van der Waals surface area contributed by atoms with Gasteiger partial charge in [-0.2, -0.15) is 0 Å². The minimum Gasteiger partial charge on any atom is -0.0961 e. The van der Waals surface area contributed by atoms with Crippen molar-refractivity contribution in [2.45, 2.75) is 48.5 Å². The third-order valence-electron chi connectivity index (χ3n) is 2.24. The number of benzene rings is 1. The van der Waals surface area contributed by atoms with Crippen molar-refractivity contribution in [3.63, 3.8) is 0 Å². The molecule has 0 aromatic heterocycles. The van der Waals surface area contributed by atoms with Gasteiger partial charge in [0.25, 0.3) is 0 Å². The van der Waals surface area contributed by atoms with Crippen molar-refractivity contribution < 1.29 is 0 Å². The smallest absolute Gasteiger partial charge is 0.0187 e. The maximum Gasteiger partial charge on any atom is -0.0187 e. The molecule has 1 rings (SSSR count). The number of hydrogen-bond donors (Lipinski definition) is 0. The molecule has 0 aliphatic carbocycles. The lowest BCUT2D eigenvalue weighted by Crippen LogP contribution is -1.81. The molecule has 1 aromatic carbocycles. The van der Waals surface area contributed by atoms with Gasteiger partial charge in [0.05, 0.1) is 0 Å². The van der Waals surface area contributed by atoms with Crippen LogP contribution >= 0.6 is 0 Å². The lowest BCUT2D eigenvalue weighted by Gasteiger charge is -2.02. The maximum atomic E-state index is 3.86. The highest BCUT2D eigenvalue weighted by Gasteiger charge is 1.95. The Morgan fingerprint density at radius 1 is 0.947 bits per heavy atom. The molecule has 0 heterocycles. The van der Waals surface area contributed by atoms with Crippen molar-refractivity contribution in [2.75, 3.05) is 0 Å². The average Bonchev–Trinajstić information content (AvgIpc) is 2.45. The SMILES string of the molecule is C=C(C)/C=C\C(=C/C)c1ccc(C)cc1.CC.CC. The van der Waals surface area contributed by atoms with Crippen molar-refractivity contribution in [1.29, 1.82) is 0 Å². The first-order chi connectivity index (χ1) is 9.13. The molecular formula is C19H30. The first-order valence-electron chi connectivity index (χ1n) is 7.20.